The Labute approximate surface area is 126 Å². The highest BCUT2D eigenvalue weighted by molar-refractivity contribution is 5.30. The molecule has 2 unspecified atom stereocenters. The molecule has 0 aromatic heterocycles. The van der Waals surface area contributed by atoms with Crippen molar-refractivity contribution in [3.8, 4) is 11.5 Å². The zero-order valence-electron chi connectivity index (χ0n) is 12.8. The Balaban J connectivity index is 1.99. The van der Waals surface area contributed by atoms with Crippen LogP contribution in [-0.4, -0.2) is 11.7 Å². The molecule has 0 bridgehead atoms. The van der Waals surface area contributed by atoms with Gasteiger partial charge in [0.2, 0.25) is 0 Å². The van der Waals surface area contributed by atoms with Gasteiger partial charge in [-0.15, -0.1) is 0 Å². The molecule has 0 aliphatic heterocycles. The molecule has 0 aliphatic carbocycles. The number of hydrogen-bond acceptors (Lipinski definition) is 3. The molecule has 0 heterocycles. The first kappa shape index (κ1) is 15.4. The number of phenolic OH excluding ortho intramolecular Hbond substituents is 1. The van der Waals surface area contributed by atoms with E-state index in [0.29, 0.717) is 12.4 Å². The first-order chi connectivity index (χ1) is 10.1. The number of phenols is 1. The Morgan fingerprint density at radius 1 is 0.905 bits per heavy atom. The van der Waals surface area contributed by atoms with E-state index in [9.17, 15) is 5.11 Å². The minimum absolute atomic E-state index is 0.215. The van der Waals surface area contributed by atoms with E-state index in [-0.39, 0.29) is 12.1 Å². The first-order valence-corrected chi connectivity index (χ1v) is 7.38. The van der Waals surface area contributed by atoms with E-state index < -0.39 is 0 Å². The largest absolute Gasteiger partial charge is 0.508 e. The van der Waals surface area contributed by atoms with Crippen molar-refractivity contribution < 1.29 is 9.84 Å². The fraction of sp³-hybridized carbons (Fsp3) is 0.333. The third-order valence-electron chi connectivity index (χ3n) is 3.58. The minimum atomic E-state index is 0.215. The van der Waals surface area contributed by atoms with Gasteiger partial charge in [-0.2, -0.15) is 0 Å². The van der Waals surface area contributed by atoms with Gasteiger partial charge < -0.3 is 15.2 Å². The van der Waals surface area contributed by atoms with E-state index in [1.54, 1.807) is 12.1 Å². The number of aromatic hydroxyl groups is 1. The maximum Gasteiger partial charge on any atom is 0.119 e. The summed E-state index contributed by atoms with van der Waals surface area (Å²) in [6, 6.07) is 16.0. The maximum atomic E-state index is 9.34. The Morgan fingerprint density at radius 3 is 1.86 bits per heavy atom. The second-order valence-electron chi connectivity index (χ2n) is 5.20. The fourth-order valence-electron chi connectivity index (χ4n) is 2.35. The molecule has 0 saturated heterocycles. The molecule has 0 saturated carbocycles. The van der Waals surface area contributed by atoms with Crippen molar-refractivity contribution in [2.24, 2.45) is 0 Å². The lowest BCUT2D eigenvalue weighted by Crippen LogP contribution is -2.22. The Hall–Kier alpha value is -2.00. The number of hydrogen-bond donors (Lipinski definition) is 2. The first-order valence-electron chi connectivity index (χ1n) is 7.38. The van der Waals surface area contributed by atoms with Gasteiger partial charge in [-0.05, 0) is 56.2 Å². The highest BCUT2D eigenvalue weighted by Gasteiger charge is 2.11. The molecule has 21 heavy (non-hydrogen) atoms. The zero-order chi connectivity index (χ0) is 15.2. The molecule has 2 atom stereocenters. The van der Waals surface area contributed by atoms with Crippen LogP contribution in [0.1, 0.15) is 44.0 Å². The van der Waals surface area contributed by atoms with Gasteiger partial charge >= 0.3 is 0 Å². The van der Waals surface area contributed by atoms with E-state index in [4.69, 9.17) is 4.74 Å². The molecule has 3 nitrogen and oxygen atoms in total. The van der Waals surface area contributed by atoms with Gasteiger partial charge in [0, 0.05) is 12.1 Å². The highest BCUT2D eigenvalue weighted by atomic mass is 16.5. The summed E-state index contributed by atoms with van der Waals surface area (Å²) in [5.74, 6) is 1.20. The quantitative estimate of drug-likeness (QED) is 0.835. The lowest BCUT2D eigenvalue weighted by Gasteiger charge is -2.21. The van der Waals surface area contributed by atoms with Crippen LogP contribution in [0.25, 0.3) is 0 Å². The Morgan fingerprint density at radius 2 is 1.38 bits per heavy atom. The molecule has 0 spiro atoms. The summed E-state index contributed by atoms with van der Waals surface area (Å²) >= 11 is 0. The Bertz CT molecular complexity index is 548. The smallest absolute Gasteiger partial charge is 0.119 e. The summed E-state index contributed by atoms with van der Waals surface area (Å²) in [5, 5.41) is 12.9. The van der Waals surface area contributed by atoms with Gasteiger partial charge in [0.1, 0.15) is 11.5 Å². The van der Waals surface area contributed by atoms with Crippen molar-refractivity contribution in [3.63, 3.8) is 0 Å². The van der Waals surface area contributed by atoms with Crippen molar-refractivity contribution in [1.82, 2.24) is 5.32 Å². The van der Waals surface area contributed by atoms with Crippen LogP contribution in [0.15, 0.2) is 48.5 Å². The molecular weight excluding hydrogens is 262 g/mol. The molecule has 3 heteroatoms. The monoisotopic (exact) mass is 285 g/mol. The van der Waals surface area contributed by atoms with E-state index >= 15 is 0 Å². The molecule has 2 aromatic rings. The lowest BCUT2D eigenvalue weighted by molar-refractivity contribution is 0.340. The number of benzene rings is 2. The van der Waals surface area contributed by atoms with Gasteiger partial charge in [0.05, 0.1) is 6.61 Å². The van der Waals surface area contributed by atoms with Crippen LogP contribution in [0.2, 0.25) is 0 Å². The van der Waals surface area contributed by atoms with Crippen molar-refractivity contribution in [3.05, 3.63) is 59.7 Å². The number of nitrogens with one attached hydrogen (secondary N) is 1. The average Bonchev–Trinajstić information content (AvgIpc) is 2.49. The highest BCUT2D eigenvalue weighted by Crippen LogP contribution is 2.22. The van der Waals surface area contributed by atoms with Crippen LogP contribution >= 0.6 is 0 Å². The molecule has 2 rings (SSSR count). The van der Waals surface area contributed by atoms with Gasteiger partial charge in [-0.3, -0.25) is 0 Å². The second kappa shape index (κ2) is 7.14. The van der Waals surface area contributed by atoms with Crippen molar-refractivity contribution in [2.45, 2.75) is 32.9 Å². The Kier molecular flexibility index (Phi) is 5.23. The summed E-state index contributed by atoms with van der Waals surface area (Å²) in [5.41, 5.74) is 2.38. The average molecular weight is 285 g/mol. The van der Waals surface area contributed by atoms with Crippen molar-refractivity contribution in [2.75, 3.05) is 6.61 Å². The molecule has 2 aromatic carbocycles. The molecule has 112 valence electrons. The van der Waals surface area contributed by atoms with Gasteiger partial charge in [-0.25, -0.2) is 0 Å². The molecule has 0 radical (unpaired) electrons. The summed E-state index contributed by atoms with van der Waals surface area (Å²) in [6.45, 7) is 6.94. The zero-order valence-corrected chi connectivity index (χ0v) is 12.8. The van der Waals surface area contributed by atoms with Crippen LogP contribution in [0.3, 0.4) is 0 Å². The van der Waals surface area contributed by atoms with Gasteiger partial charge in [0.25, 0.3) is 0 Å². The standard InChI is InChI=1S/C18H23NO2/c1-4-21-18-11-7-16(8-12-18)14(3)19-13(2)15-5-9-17(20)10-6-15/h5-14,19-20H,4H2,1-3H3. The predicted octanol–water partition coefficient (Wildman–Crippen LogP) is 4.20. The van der Waals surface area contributed by atoms with E-state index in [1.807, 2.05) is 31.2 Å². The SMILES string of the molecule is CCOc1ccc(C(C)NC(C)c2ccc(O)cc2)cc1. The predicted molar refractivity (Wildman–Crippen MR) is 85.7 cm³/mol. The third-order valence-corrected chi connectivity index (χ3v) is 3.58. The number of rotatable bonds is 6. The maximum absolute atomic E-state index is 9.34. The van der Waals surface area contributed by atoms with Crippen LogP contribution in [0, 0.1) is 0 Å². The normalized spacial score (nSPS) is 13.7. The van der Waals surface area contributed by atoms with Crippen LogP contribution in [0.4, 0.5) is 0 Å². The fourth-order valence-corrected chi connectivity index (χ4v) is 2.35. The van der Waals surface area contributed by atoms with E-state index in [0.717, 1.165) is 11.3 Å². The van der Waals surface area contributed by atoms with Crippen molar-refractivity contribution in [1.29, 1.82) is 0 Å². The van der Waals surface area contributed by atoms with Crippen molar-refractivity contribution >= 4 is 0 Å². The summed E-state index contributed by atoms with van der Waals surface area (Å²) in [6.07, 6.45) is 0. The molecule has 0 fully saturated rings. The minimum Gasteiger partial charge on any atom is -0.508 e. The third kappa shape index (κ3) is 4.23. The lowest BCUT2D eigenvalue weighted by atomic mass is 10.0. The van der Waals surface area contributed by atoms with Crippen LogP contribution in [0.5, 0.6) is 11.5 Å². The van der Waals surface area contributed by atoms with Crippen LogP contribution < -0.4 is 10.1 Å². The van der Waals surface area contributed by atoms with E-state index in [1.165, 1.54) is 5.56 Å². The molecule has 0 amide bonds. The topological polar surface area (TPSA) is 41.5 Å². The van der Waals surface area contributed by atoms with Crippen LogP contribution in [-0.2, 0) is 0 Å². The molecule has 0 aliphatic rings. The van der Waals surface area contributed by atoms with Gasteiger partial charge in [0.15, 0.2) is 0 Å². The summed E-state index contributed by atoms with van der Waals surface area (Å²) in [4.78, 5) is 0. The summed E-state index contributed by atoms with van der Waals surface area (Å²) in [7, 11) is 0. The van der Waals surface area contributed by atoms with Gasteiger partial charge in [-0.1, -0.05) is 24.3 Å². The number of ether oxygens (including phenoxy) is 1. The molecular formula is C18H23NO2. The summed E-state index contributed by atoms with van der Waals surface area (Å²) < 4.78 is 5.46. The molecule has 2 N–H and O–H groups in total. The second-order valence-corrected chi connectivity index (χ2v) is 5.20. The van der Waals surface area contributed by atoms with E-state index in [2.05, 4.69) is 31.3 Å².